The molecular formula is C13H20N4O3S. The van der Waals surface area contributed by atoms with E-state index in [1.165, 1.54) is 0 Å². The highest BCUT2D eigenvalue weighted by atomic mass is 32.2. The van der Waals surface area contributed by atoms with Gasteiger partial charge in [-0.05, 0) is 25.3 Å². The molecule has 0 saturated carbocycles. The van der Waals surface area contributed by atoms with E-state index in [0.29, 0.717) is 19.0 Å². The molecular weight excluding hydrogens is 292 g/mol. The summed E-state index contributed by atoms with van der Waals surface area (Å²) in [6.45, 7) is 1.51. The van der Waals surface area contributed by atoms with Crippen molar-refractivity contribution in [3.05, 3.63) is 12.3 Å². The first-order chi connectivity index (χ1) is 10.1. The third-order valence-corrected chi connectivity index (χ3v) is 5.50. The van der Waals surface area contributed by atoms with Crippen LogP contribution in [0.5, 0.6) is 0 Å². The molecule has 0 unspecified atom stereocenters. The lowest BCUT2D eigenvalue weighted by molar-refractivity contribution is 0.0875. The molecule has 0 aromatic carbocycles. The van der Waals surface area contributed by atoms with E-state index < -0.39 is 9.84 Å². The maximum atomic E-state index is 11.5. The fraction of sp³-hybridized carbons (Fsp3) is 0.692. The Morgan fingerprint density at radius 1 is 1.24 bits per heavy atom. The second kappa shape index (κ2) is 6.15. The second-order valence-corrected chi connectivity index (χ2v) is 7.80. The number of nitrogens with zero attached hydrogens (tertiary/aromatic N) is 2. The summed E-state index contributed by atoms with van der Waals surface area (Å²) in [4.78, 5) is 8.55. The van der Waals surface area contributed by atoms with E-state index in [-0.39, 0.29) is 23.6 Å². The van der Waals surface area contributed by atoms with Gasteiger partial charge in [0.05, 0.1) is 24.2 Å². The number of aromatic nitrogens is 2. The molecule has 0 aliphatic carbocycles. The summed E-state index contributed by atoms with van der Waals surface area (Å²) in [5.41, 5.74) is 0. The monoisotopic (exact) mass is 312 g/mol. The molecule has 0 bridgehead atoms. The Labute approximate surface area is 124 Å². The highest BCUT2D eigenvalue weighted by Crippen LogP contribution is 2.17. The molecule has 1 aromatic rings. The Balaban J connectivity index is 1.60. The van der Waals surface area contributed by atoms with Crippen molar-refractivity contribution in [2.24, 2.45) is 0 Å². The Morgan fingerprint density at radius 3 is 2.86 bits per heavy atom. The summed E-state index contributed by atoms with van der Waals surface area (Å²) in [5.74, 6) is 1.61. The van der Waals surface area contributed by atoms with Crippen molar-refractivity contribution in [1.29, 1.82) is 0 Å². The van der Waals surface area contributed by atoms with E-state index in [4.69, 9.17) is 4.74 Å². The fourth-order valence-electron chi connectivity index (χ4n) is 2.66. The summed E-state index contributed by atoms with van der Waals surface area (Å²) in [5, 5.41) is 6.43. The minimum atomic E-state index is -2.90. The lowest BCUT2D eigenvalue weighted by atomic mass is 10.1. The van der Waals surface area contributed by atoms with Crippen molar-refractivity contribution in [2.75, 3.05) is 35.4 Å². The zero-order chi connectivity index (χ0) is 14.7. The molecule has 2 N–H and O–H groups in total. The molecule has 2 aliphatic heterocycles. The van der Waals surface area contributed by atoms with Gasteiger partial charge in [0.2, 0.25) is 5.95 Å². The molecule has 2 fully saturated rings. The molecule has 3 rings (SSSR count). The molecule has 8 heteroatoms. The van der Waals surface area contributed by atoms with E-state index in [2.05, 4.69) is 20.6 Å². The van der Waals surface area contributed by atoms with Gasteiger partial charge in [-0.25, -0.2) is 13.4 Å². The van der Waals surface area contributed by atoms with Crippen molar-refractivity contribution in [2.45, 2.75) is 31.3 Å². The van der Waals surface area contributed by atoms with Crippen LogP contribution in [-0.4, -0.2) is 55.2 Å². The van der Waals surface area contributed by atoms with Crippen molar-refractivity contribution in [3.63, 3.8) is 0 Å². The SMILES string of the molecule is O=S1(=O)CC[C@@H](Nc2nccc(N[C@@H]3CCCOC3)n2)C1. The number of nitrogens with one attached hydrogen (secondary N) is 2. The molecule has 21 heavy (non-hydrogen) atoms. The molecule has 2 saturated heterocycles. The van der Waals surface area contributed by atoms with Crippen LogP contribution in [0.15, 0.2) is 12.3 Å². The molecule has 2 aliphatic rings. The van der Waals surface area contributed by atoms with Crippen LogP contribution < -0.4 is 10.6 Å². The Morgan fingerprint density at radius 2 is 2.14 bits per heavy atom. The van der Waals surface area contributed by atoms with Crippen molar-refractivity contribution in [1.82, 2.24) is 9.97 Å². The van der Waals surface area contributed by atoms with Crippen LogP contribution in [0.2, 0.25) is 0 Å². The zero-order valence-electron chi connectivity index (χ0n) is 11.8. The standard InChI is InChI=1S/C13H20N4O3S/c18-21(19)7-4-11(9-21)16-13-14-5-3-12(17-13)15-10-2-1-6-20-8-10/h3,5,10-11H,1-2,4,6-9H2,(H2,14,15,16,17)/t10-,11-/m1/s1. The van der Waals surface area contributed by atoms with E-state index in [1.807, 2.05) is 6.07 Å². The van der Waals surface area contributed by atoms with Gasteiger partial charge < -0.3 is 15.4 Å². The Bertz CT molecular complexity index is 587. The molecule has 0 amide bonds. The van der Waals surface area contributed by atoms with E-state index in [0.717, 1.165) is 25.3 Å². The fourth-order valence-corrected chi connectivity index (χ4v) is 4.34. The smallest absolute Gasteiger partial charge is 0.224 e. The highest BCUT2D eigenvalue weighted by molar-refractivity contribution is 7.91. The maximum Gasteiger partial charge on any atom is 0.224 e. The average molecular weight is 312 g/mol. The number of hydrogen-bond donors (Lipinski definition) is 2. The third kappa shape index (κ3) is 4.04. The van der Waals surface area contributed by atoms with Crippen LogP contribution >= 0.6 is 0 Å². The maximum absolute atomic E-state index is 11.5. The number of ether oxygens (including phenoxy) is 1. The van der Waals surface area contributed by atoms with Crippen molar-refractivity contribution >= 4 is 21.6 Å². The lowest BCUT2D eigenvalue weighted by Gasteiger charge is -2.23. The van der Waals surface area contributed by atoms with E-state index in [1.54, 1.807) is 6.20 Å². The predicted molar refractivity (Wildman–Crippen MR) is 80.2 cm³/mol. The number of sulfone groups is 1. The summed E-state index contributed by atoms with van der Waals surface area (Å²) in [6, 6.07) is 1.99. The van der Waals surface area contributed by atoms with Crippen LogP contribution in [-0.2, 0) is 14.6 Å². The van der Waals surface area contributed by atoms with Gasteiger partial charge in [-0.1, -0.05) is 0 Å². The number of rotatable bonds is 4. The van der Waals surface area contributed by atoms with Gasteiger partial charge in [0.25, 0.3) is 0 Å². The first kappa shape index (κ1) is 14.5. The highest BCUT2D eigenvalue weighted by Gasteiger charge is 2.28. The largest absolute Gasteiger partial charge is 0.379 e. The third-order valence-electron chi connectivity index (χ3n) is 3.73. The second-order valence-electron chi connectivity index (χ2n) is 5.57. The van der Waals surface area contributed by atoms with E-state index >= 15 is 0 Å². The van der Waals surface area contributed by atoms with Gasteiger partial charge >= 0.3 is 0 Å². The number of hydrogen-bond acceptors (Lipinski definition) is 7. The van der Waals surface area contributed by atoms with E-state index in [9.17, 15) is 8.42 Å². The predicted octanol–water partition coefficient (Wildman–Crippen LogP) is 0.666. The molecule has 116 valence electrons. The molecule has 0 radical (unpaired) electrons. The minimum absolute atomic E-state index is 0.0942. The lowest BCUT2D eigenvalue weighted by Crippen LogP contribution is -2.30. The first-order valence-corrected chi connectivity index (χ1v) is 9.07. The van der Waals surface area contributed by atoms with Gasteiger partial charge in [-0.15, -0.1) is 0 Å². The summed E-state index contributed by atoms with van der Waals surface area (Å²) in [6.07, 6.45) is 4.39. The van der Waals surface area contributed by atoms with Gasteiger partial charge in [-0.3, -0.25) is 0 Å². The Hall–Kier alpha value is -1.41. The van der Waals surface area contributed by atoms with Gasteiger partial charge in [-0.2, -0.15) is 4.98 Å². The van der Waals surface area contributed by atoms with Gasteiger partial charge in [0.15, 0.2) is 9.84 Å². The first-order valence-electron chi connectivity index (χ1n) is 7.25. The topological polar surface area (TPSA) is 93.2 Å². The molecule has 0 spiro atoms. The average Bonchev–Trinajstić information content (AvgIpc) is 2.79. The molecule has 2 atom stereocenters. The summed E-state index contributed by atoms with van der Waals surface area (Å²) >= 11 is 0. The minimum Gasteiger partial charge on any atom is -0.379 e. The van der Waals surface area contributed by atoms with Crippen molar-refractivity contribution in [3.8, 4) is 0 Å². The van der Waals surface area contributed by atoms with Crippen molar-refractivity contribution < 1.29 is 13.2 Å². The zero-order valence-corrected chi connectivity index (χ0v) is 12.6. The summed E-state index contributed by atoms with van der Waals surface area (Å²) < 4.78 is 28.3. The Kier molecular flexibility index (Phi) is 4.25. The molecule has 1 aromatic heterocycles. The number of anilines is 2. The summed E-state index contributed by atoms with van der Waals surface area (Å²) in [7, 11) is -2.90. The van der Waals surface area contributed by atoms with Crippen LogP contribution in [0.25, 0.3) is 0 Å². The quantitative estimate of drug-likeness (QED) is 0.844. The molecule has 7 nitrogen and oxygen atoms in total. The normalized spacial score (nSPS) is 28.2. The molecule has 3 heterocycles. The van der Waals surface area contributed by atoms with Crippen LogP contribution in [0.3, 0.4) is 0 Å². The van der Waals surface area contributed by atoms with Gasteiger partial charge in [0, 0.05) is 18.8 Å². The van der Waals surface area contributed by atoms with Gasteiger partial charge in [0.1, 0.15) is 5.82 Å². The van der Waals surface area contributed by atoms with Crippen LogP contribution in [0.1, 0.15) is 19.3 Å². The van der Waals surface area contributed by atoms with Crippen LogP contribution in [0, 0.1) is 0 Å². The van der Waals surface area contributed by atoms with Crippen LogP contribution in [0.4, 0.5) is 11.8 Å².